The van der Waals surface area contributed by atoms with Gasteiger partial charge < -0.3 is 4.90 Å². The van der Waals surface area contributed by atoms with E-state index in [0.717, 1.165) is 5.56 Å². The van der Waals surface area contributed by atoms with Crippen LogP contribution in [0.4, 0.5) is 4.39 Å². The molecule has 0 atom stereocenters. The van der Waals surface area contributed by atoms with Crippen LogP contribution in [0.25, 0.3) is 10.2 Å². The van der Waals surface area contributed by atoms with Crippen LogP contribution < -0.4 is 5.56 Å². The van der Waals surface area contributed by atoms with Crippen LogP contribution in [0.3, 0.4) is 0 Å². The van der Waals surface area contributed by atoms with E-state index in [1.165, 1.54) is 39.3 Å². The summed E-state index contributed by atoms with van der Waals surface area (Å²) in [4.78, 5) is 30.9. The molecule has 0 aliphatic carbocycles. The Balaban J connectivity index is 1.73. The van der Waals surface area contributed by atoms with E-state index in [0.29, 0.717) is 16.8 Å². The summed E-state index contributed by atoms with van der Waals surface area (Å²) in [5.41, 5.74) is 0.598. The highest BCUT2D eigenvalue weighted by molar-refractivity contribution is 7.16. The van der Waals surface area contributed by atoms with Crippen LogP contribution in [0, 0.1) is 5.82 Å². The van der Waals surface area contributed by atoms with E-state index >= 15 is 0 Å². The third kappa shape index (κ3) is 3.29. The Bertz CT molecular complexity index is 902. The molecule has 3 rings (SSSR count). The van der Waals surface area contributed by atoms with Crippen LogP contribution in [-0.4, -0.2) is 27.4 Å². The molecule has 0 aliphatic heterocycles. The number of hydrogen-bond acceptors (Lipinski definition) is 4. The fourth-order valence-corrected chi connectivity index (χ4v) is 2.95. The number of rotatable bonds is 4. The number of benzene rings is 1. The van der Waals surface area contributed by atoms with Crippen molar-refractivity contribution < 1.29 is 9.18 Å². The molecule has 0 bridgehead atoms. The zero-order chi connectivity index (χ0) is 16.4. The van der Waals surface area contributed by atoms with Gasteiger partial charge in [-0.15, -0.1) is 11.3 Å². The molecule has 7 heteroatoms. The lowest BCUT2D eigenvalue weighted by atomic mass is 10.2. The Morgan fingerprint density at radius 1 is 1.30 bits per heavy atom. The maximum absolute atomic E-state index is 12.9. The molecular formula is C16H14FN3O2S. The maximum Gasteiger partial charge on any atom is 0.262 e. The number of nitrogens with zero attached hydrogens (tertiary/aromatic N) is 3. The number of halogens is 1. The first kappa shape index (κ1) is 15.4. The Morgan fingerprint density at radius 3 is 2.78 bits per heavy atom. The van der Waals surface area contributed by atoms with Crippen LogP contribution in [0.5, 0.6) is 0 Å². The highest BCUT2D eigenvalue weighted by Gasteiger charge is 2.13. The van der Waals surface area contributed by atoms with Crippen molar-refractivity contribution in [1.82, 2.24) is 14.5 Å². The van der Waals surface area contributed by atoms with Gasteiger partial charge in [0, 0.05) is 13.6 Å². The fourth-order valence-electron chi connectivity index (χ4n) is 2.22. The molecule has 5 nitrogen and oxygen atoms in total. The molecule has 2 heterocycles. The van der Waals surface area contributed by atoms with E-state index in [1.54, 1.807) is 30.6 Å². The molecule has 0 spiro atoms. The van der Waals surface area contributed by atoms with Crippen LogP contribution in [0.1, 0.15) is 5.56 Å². The Hall–Kier alpha value is -2.54. The predicted octanol–water partition coefficient (Wildman–Crippen LogP) is 2.26. The summed E-state index contributed by atoms with van der Waals surface area (Å²) >= 11 is 1.39. The number of amides is 1. The van der Waals surface area contributed by atoms with Crippen LogP contribution in [0.2, 0.25) is 0 Å². The lowest BCUT2D eigenvalue weighted by molar-refractivity contribution is -0.131. The first-order valence-electron chi connectivity index (χ1n) is 6.95. The topological polar surface area (TPSA) is 55.2 Å². The second-order valence-corrected chi connectivity index (χ2v) is 6.09. The third-order valence-corrected chi connectivity index (χ3v) is 4.34. The maximum atomic E-state index is 12.9. The summed E-state index contributed by atoms with van der Waals surface area (Å²) in [6, 6.07) is 7.67. The molecule has 3 aromatic rings. The van der Waals surface area contributed by atoms with Gasteiger partial charge in [0.2, 0.25) is 5.91 Å². The van der Waals surface area contributed by atoms with Crippen LogP contribution in [0.15, 0.2) is 46.8 Å². The average Bonchev–Trinajstić information content (AvgIpc) is 3.01. The zero-order valence-electron chi connectivity index (χ0n) is 12.4. The lowest BCUT2D eigenvalue weighted by Crippen LogP contribution is -2.33. The number of carbonyl (C=O) groups is 1. The van der Waals surface area contributed by atoms with Crippen LogP contribution in [-0.2, 0) is 17.9 Å². The number of thiophene rings is 1. The summed E-state index contributed by atoms with van der Waals surface area (Å²) in [5.74, 6) is -0.530. The molecule has 0 N–H and O–H groups in total. The molecule has 23 heavy (non-hydrogen) atoms. The van der Waals surface area contributed by atoms with Gasteiger partial charge in [0.25, 0.3) is 5.56 Å². The minimum atomic E-state index is -0.315. The van der Waals surface area contributed by atoms with E-state index in [9.17, 15) is 14.0 Å². The molecule has 118 valence electrons. The molecular weight excluding hydrogens is 317 g/mol. The van der Waals surface area contributed by atoms with Gasteiger partial charge in [-0.25, -0.2) is 9.37 Å². The van der Waals surface area contributed by atoms with Gasteiger partial charge in [-0.2, -0.15) is 0 Å². The highest BCUT2D eigenvalue weighted by Crippen LogP contribution is 2.13. The van der Waals surface area contributed by atoms with E-state index in [2.05, 4.69) is 4.98 Å². The van der Waals surface area contributed by atoms with Crippen molar-refractivity contribution in [3.05, 3.63) is 63.8 Å². The van der Waals surface area contributed by atoms with Gasteiger partial charge in [0.1, 0.15) is 17.2 Å². The summed E-state index contributed by atoms with van der Waals surface area (Å²) in [6.45, 7) is 0.275. The number of aromatic nitrogens is 2. The number of carbonyl (C=O) groups excluding carboxylic acids is 1. The monoisotopic (exact) mass is 331 g/mol. The van der Waals surface area contributed by atoms with E-state index in [1.807, 2.05) is 0 Å². The molecule has 0 saturated carbocycles. The van der Waals surface area contributed by atoms with Crippen LogP contribution >= 0.6 is 11.3 Å². The standard InChI is InChI=1S/C16H14FN3O2S/c1-19(8-11-2-4-12(17)5-3-11)14(21)9-20-10-18-15-13(16(20)22)6-7-23-15/h2-7,10H,8-9H2,1H3. The predicted molar refractivity (Wildman–Crippen MR) is 86.8 cm³/mol. The van der Waals surface area contributed by atoms with Crippen molar-refractivity contribution >= 4 is 27.5 Å². The third-order valence-electron chi connectivity index (χ3n) is 3.51. The minimum absolute atomic E-state index is 0.0741. The number of hydrogen-bond donors (Lipinski definition) is 0. The van der Waals surface area contributed by atoms with E-state index in [-0.39, 0.29) is 23.8 Å². The minimum Gasteiger partial charge on any atom is -0.340 e. The average molecular weight is 331 g/mol. The van der Waals surface area contributed by atoms with Gasteiger partial charge in [-0.05, 0) is 29.1 Å². The van der Waals surface area contributed by atoms with E-state index < -0.39 is 0 Å². The van der Waals surface area contributed by atoms with Gasteiger partial charge in [-0.3, -0.25) is 14.2 Å². The first-order valence-corrected chi connectivity index (χ1v) is 7.83. The second kappa shape index (κ2) is 6.29. The Kier molecular flexibility index (Phi) is 4.20. The van der Waals surface area contributed by atoms with Gasteiger partial charge in [0.05, 0.1) is 11.7 Å². The molecule has 0 unspecified atom stereocenters. The molecule has 2 aromatic heterocycles. The Labute approximate surface area is 135 Å². The molecule has 0 radical (unpaired) electrons. The first-order chi connectivity index (χ1) is 11.0. The van der Waals surface area contributed by atoms with Crippen molar-refractivity contribution in [1.29, 1.82) is 0 Å². The molecule has 1 aromatic carbocycles. The van der Waals surface area contributed by atoms with Gasteiger partial charge in [-0.1, -0.05) is 12.1 Å². The van der Waals surface area contributed by atoms with Crippen molar-refractivity contribution in [2.75, 3.05) is 7.05 Å². The number of fused-ring (bicyclic) bond motifs is 1. The van der Waals surface area contributed by atoms with Crippen molar-refractivity contribution in [2.45, 2.75) is 13.1 Å². The summed E-state index contributed by atoms with van der Waals surface area (Å²) in [7, 11) is 1.65. The lowest BCUT2D eigenvalue weighted by Gasteiger charge is -2.17. The van der Waals surface area contributed by atoms with Crippen molar-refractivity contribution in [3.63, 3.8) is 0 Å². The highest BCUT2D eigenvalue weighted by atomic mass is 32.1. The molecule has 0 saturated heterocycles. The number of likely N-dealkylation sites (N-methyl/N-ethyl adjacent to an activating group) is 1. The Morgan fingerprint density at radius 2 is 2.04 bits per heavy atom. The van der Waals surface area contributed by atoms with Crippen molar-refractivity contribution in [2.24, 2.45) is 0 Å². The molecule has 0 fully saturated rings. The zero-order valence-corrected chi connectivity index (χ0v) is 13.2. The van der Waals surface area contributed by atoms with Gasteiger partial charge >= 0.3 is 0 Å². The summed E-state index contributed by atoms with van der Waals surface area (Å²) < 4.78 is 14.2. The quantitative estimate of drug-likeness (QED) is 0.737. The smallest absolute Gasteiger partial charge is 0.262 e. The fraction of sp³-hybridized carbons (Fsp3) is 0.188. The normalized spacial score (nSPS) is 10.9. The molecule has 0 aliphatic rings. The van der Waals surface area contributed by atoms with Crippen molar-refractivity contribution in [3.8, 4) is 0 Å². The SMILES string of the molecule is CN(Cc1ccc(F)cc1)C(=O)Cn1cnc2sccc2c1=O. The molecule has 1 amide bonds. The second-order valence-electron chi connectivity index (χ2n) is 5.19. The largest absolute Gasteiger partial charge is 0.340 e. The summed E-state index contributed by atoms with van der Waals surface area (Å²) in [5, 5.41) is 2.32. The summed E-state index contributed by atoms with van der Waals surface area (Å²) in [6.07, 6.45) is 1.39. The van der Waals surface area contributed by atoms with Gasteiger partial charge in [0.15, 0.2) is 0 Å². The van der Waals surface area contributed by atoms with E-state index in [4.69, 9.17) is 0 Å².